The van der Waals surface area contributed by atoms with Crippen LogP contribution in [0, 0.1) is 0 Å². The predicted octanol–water partition coefficient (Wildman–Crippen LogP) is 4.03. The van der Waals surface area contributed by atoms with E-state index >= 15 is 0 Å². The fourth-order valence-corrected chi connectivity index (χ4v) is 5.00. The van der Waals surface area contributed by atoms with Gasteiger partial charge in [0.2, 0.25) is 0 Å². The van der Waals surface area contributed by atoms with E-state index in [1.54, 1.807) is 13.2 Å². The van der Waals surface area contributed by atoms with Crippen molar-refractivity contribution in [3.8, 4) is 5.75 Å². The maximum atomic E-state index is 13.1. The molecule has 0 aliphatic carbocycles. The number of ether oxygens (including phenoxy) is 1. The second kappa shape index (κ2) is 7.83. The van der Waals surface area contributed by atoms with Crippen LogP contribution in [0.25, 0.3) is 0 Å². The number of methoxy groups -OCH3 is 1. The van der Waals surface area contributed by atoms with Crippen LogP contribution in [0.3, 0.4) is 0 Å². The highest BCUT2D eigenvalue weighted by molar-refractivity contribution is 6.31. The lowest BCUT2D eigenvalue weighted by Crippen LogP contribution is -2.56. The molecule has 0 saturated carbocycles. The zero-order chi connectivity index (χ0) is 17.6. The fourth-order valence-electron chi connectivity index (χ4n) is 4.83. The Balaban J connectivity index is 0.00000196. The monoisotopic (exact) mass is 399 g/mol. The molecular weight excluding hydrogens is 373 g/mol. The third kappa shape index (κ3) is 3.37. The molecule has 3 saturated heterocycles. The molecule has 4 rings (SSSR count). The minimum Gasteiger partial charge on any atom is -0.495 e. The average Bonchev–Trinajstić information content (AvgIpc) is 2.96. The van der Waals surface area contributed by atoms with Crippen molar-refractivity contribution in [2.45, 2.75) is 50.2 Å². The Morgan fingerprint density at radius 2 is 1.81 bits per heavy atom. The molecule has 1 aromatic rings. The van der Waals surface area contributed by atoms with E-state index in [-0.39, 0.29) is 18.4 Å². The molecule has 3 fully saturated rings. The van der Waals surface area contributed by atoms with Crippen molar-refractivity contribution in [2.75, 3.05) is 32.1 Å². The van der Waals surface area contributed by atoms with Crippen molar-refractivity contribution in [1.29, 1.82) is 0 Å². The molecule has 0 radical (unpaired) electrons. The molecule has 0 aromatic heterocycles. The van der Waals surface area contributed by atoms with Crippen LogP contribution >= 0.6 is 24.0 Å². The lowest BCUT2D eigenvalue weighted by Gasteiger charge is -2.49. The zero-order valence-electron chi connectivity index (χ0n) is 15.4. The van der Waals surface area contributed by atoms with Gasteiger partial charge in [0.05, 0.1) is 12.8 Å². The predicted molar refractivity (Wildman–Crippen MR) is 107 cm³/mol. The number of halogens is 2. The molecule has 2 unspecified atom stereocenters. The van der Waals surface area contributed by atoms with E-state index in [1.807, 2.05) is 17.0 Å². The number of carbonyl (C=O) groups is 1. The fraction of sp³-hybridized carbons (Fsp3) is 0.632. The quantitative estimate of drug-likeness (QED) is 0.769. The van der Waals surface area contributed by atoms with Gasteiger partial charge in [-0.05, 0) is 50.9 Å². The first kappa shape index (κ1) is 19.6. The molecule has 26 heavy (non-hydrogen) atoms. The first-order valence-corrected chi connectivity index (χ1v) is 9.60. The number of benzene rings is 1. The van der Waals surface area contributed by atoms with Crippen LogP contribution in [0.15, 0.2) is 18.2 Å². The molecule has 2 amide bonds. The summed E-state index contributed by atoms with van der Waals surface area (Å²) in [5, 5.41) is 0.621. The Labute approximate surface area is 166 Å². The van der Waals surface area contributed by atoms with E-state index in [0.717, 1.165) is 25.1 Å². The lowest BCUT2D eigenvalue weighted by atomic mass is 9.82. The largest absolute Gasteiger partial charge is 0.495 e. The Morgan fingerprint density at radius 3 is 2.46 bits per heavy atom. The van der Waals surface area contributed by atoms with Gasteiger partial charge in [0.15, 0.2) is 0 Å². The van der Waals surface area contributed by atoms with Crippen LogP contribution in [-0.2, 0) is 0 Å². The second-order valence-electron chi connectivity index (χ2n) is 7.47. The van der Waals surface area contributed by atoms with E-state index in [9.17, 15) is 4.79 Å². The second-order valence-corrected chi connectivity index (χ2v) is 7.91. The molecule has 0 spiro atoms. The summed E-state index contributed by atoms with van der Waals surface area (Å²) in [6.45, 7) is 1.47. The number of urea groups is 1. The van der Waals surface area contributed by atoms with Crippen LogP contribution in [0.1, 0.15) is 32.1 Å². The third-order valence-electron chi connectivity index (χ3n) is 6.23. The smallest absolute Gasteiger partial charge is 0.324 e. The van der Waals surface area contributed by atoms with Gasteiger partial charge in [0.1, 0.15) is 5.75 Å². The van der Waals surface area contributed by atoms with Crippen LogP contribution < -0.4 is 9.64 Å². The number of fused-ring (bicyclic) bond motifs is 2. The number of piperidine rings is 2. The van der Waals surface area contributed by atoms with Crippen LogP contribution in [0.4, 0.5) is 10.5 Å². The minimum absolute atomic E-state index is 0. The molecule has 3 aliphatic heterocycles. The molecular formula is C19H27Cl2N3O2. The van der Waals surface area contributed by atoms with Crippen molar-refractivity contribution in [3.63, 3.8) is 0 Å². The van der Waals surface area contributed by atoms with E-state index in [1.165, 1.54) is 19.3 Å². The molecule has 144 valence electrons. The molecule has 5 nitrogen and oxygen atoms in total. The van der Waals surface area contributed by atoms with E-state index in [4.69, 9.17) is 16.3 Å². The van der Waals surface area contributed by atoms with Crippen LogP contribution in [0.5, 0.6) is 5.75 Å². The number of hydrogen-bond acceptors (Lipinski definition) is 3. The molecule has 1 aromatic carbocycles. The summed E-state index contributed by atoms with van der Waals surface area (Å²) in [7, 11) is 3.88. The summed E-state index contributed by atoms with van der Waals surface area (Å²) in [6, 6.07) is 7.14. The Hall–Kier alpha value is -1.17. The summed E-state index contributed by atoms with van der Waals surface area (Å²) in [5.74, 6) is 0.694. The SMILES string of the molecule is COc1ccc(Cl)cc1N1CCN(C2CC3CCCC(C2)N3C)C1=O.Cl. The van der Waals surface area contributed by atoms with Gasteiger partial charge in [-0.1, -0.05) is 18.0 Å². The summed E-state index contributed by atoms with van der Waals surface area (Å²) in [4.78, 5) is 19.6. The summed E-state index contributed by atoms with van der Waals surface area (Å²) in [5.41, 5.74) is 0.774. The molecule has 2 bridgehead atoms. The highest BCUT2D eigenvalue weighted by Gasteiger charge is 2.42. The molecule has 3 heterocycles. The molecule has 0 N–H and O–H groups in total. The minimum atomic E-state index is 0. The van der Waals surface area contributed by atoms with Gasteiger partial charge < -0.3 is 14.5 Å². The van der Waals surface area contributed by atoms with Crippen molar-refractivity contribution in [2.24, 2.45) is 0 Å². The first-order valence-electron chi connectivity index (χ1n) is 9.22. The normalized spacial score (nSPS) is 28.9. The van der Waals surface area contributed by atoms with Gasteiger partial charge in [-0.15, -0.1) is 12.4 Å². The van der Waals surface area contributed by atoms with Crippen LogP contribution in [-0.4, -0.2) is 61.2 Å². The lowest BCUT2D eigenvalue weighted by molar-refractivity contribution is 0.0250. The number of hydrogen-bond donors (Lipinski definition) is 0. The number of anilines is 1. The maximum Gasteiger partial charge on any atom is 0.324 e. The number of carbonyl (C=O) groups excluding carboxylic acids is 1. The van der Waals surface area contributed by atoms with Gasteiger partial charge in [-0.3, -0.25) is 4.90 Å². The molecule has 2 atom stereocenters. The summed E-state index contributed by atoms with van der Waals surface area (Å²) in [6.07, 6.45) is 6.04. The maximum absolute atomic E-state index is 13.1. The van der Waals surface area contributed by atoms with E-state index in [2.05, 4.69) is 16.8 Å². The Morgan fingerprint density at radius 1 is 1.12 bits per heavy atom. The summed E-state index contributed by atoms with van der Waals surface area (Å²) < 4.78 is 5.44. The van der Waals surface area contributed by atoms with E-state index < -0.39 is 0 Å². The van der Waals surface area contributed by atoms with Gasteiger partial charge in [0, 0.05) is 36.2 Å². The van der Waals surface area contributed by atoms with Gasteiger partial charge >= 0.3 is 6.03 Å². The highest BCUT2D eigenvalue weighted by atomic mass is 35.5. The van der Waals surface area contributed by atoms with Crippen molar-refractivity contribution < 1.29 is 9.53 Å². The van der Waals surface area contributed by atoms with Gasteiger partial charge in [-0.25, -0.2) is 4.79 Å². The topological polar surface area (TPSA) is 36.0 Å². The number of rotatable bonds is 3. The molecule has 3 aliphatic rings. The van der Waals surface area contributed by atoms with Crippen molar-refractivity contribution in [1.82, 2.24) is 9.80 Å². The van der Waals surface area contributed by atoms with Gasteiger partial charge in [0.25, 0.3) is 0 Å². The molecule has 7 heteroatoms. The van der Waals surface area contributed by atoms with E-state index in [0.29, 0.717) is 35.4 Å². The number of amides is 2. The third-order valence-corrected chi connectivity index (χ3v) is 6.46. The number of nitrogens with zero attached hydrogens (tertiary/aromatic N) is 3. The van der Waals surface area contributed by atoms with Gasteiger partial charge in [-0.2, -0.15) is 0 Å². The summed E-state index contributed by atoms with van der Waals surface area (Å²) >= 11 is 6.15. The Kier molecular flexibility index (Phi) is 5.90. The van der Waals surface area contributed by atoms with Crippen molar-refractivity contribution in [3.05, 3.63) is 23.2 Å². The zero-order valence-corrected chi connectivity index (χ0v) is 16.9. The van der Waals surface area contributed by atoms with Crippen LogP contribution in [0.2, 0.25) is 5.02 Å². The highest BCUT2D eigenvalue weighted by Crippen LogP contribution is 2.38. The van der Waals surface area contributed by atoms with Crippen molar-refractivity contribution >= 4 is 35.7 Å². The first-order chi connectivity index (χ1) is 12.1. The average molecular weight is 400 g/mol. The standard InChI is InChI=1S/C19H26ClN3O2.ClH/c1-21-14-4-3-5-15(21)12-16(11-14)22-8-9-23(19(22)24)17-10-13(20)6-7-18(17)25-2;/h6-7,10,14-16H,3-5,8-9,11-12H2,1-2H3;1H. The Bertz CT molecular complexity index is 658.